The molecule has 5 rings (SSSR count). The van der Waals surface area contributed by atoms with E-state index in [0.717, 1.165) is 24.3 Å². The van der Waals surface area contributed by atoms with Crippen molar-refractivity contribution in [2.45, 2.75) is 19.5 Å². The van der Waals surface area contributed by atoms with Crippen molar-refractivity contribution < 1.29 is 14.3 Å². The lowest BCUT2D eigenvalue weighted by atomic mass is 10.1. The highest BCUT2D eigenvalue weighted by Gasteiger charge is 2.26. The summed E-state index contributed by atoms with van der Waals surface area (Å²) in [5.74, 6) is 0.715. The Morgan fingerprint density at radius 2 is 1.86 bits per heavy atom. The van der Waals surface area contributed by atoms with Gasteiger partial charge in [0.1, 0.15) is 5.56 Å². The van der Waals surface area contributed by atoms with Crippen molar-refractivity contribution in [2.75, 3.05) is 26.1 Å². The first kappa shape index (κ1) is 22.7. The van der Waals surface area contributed by atoms with Gasteiger partial charge in [0.05, 0.1) is 26.0 Å². The largest absolute Gasteiger partial charge is 0.493 e. The Morgan fingerprint density at radius 1 is 1.09 bits per heavy atom. The van der Waals surface area contributed by atoms with E-state index in [4.69, 9.17) is 9.47 Å². The van der Waals surface area contributed by atoms with E-state index in [9.17, 15) is 9.59 Å². The molecule has 0 bridgehead atoms. The molecule has 0 aliphatic carbocycles. The number of hydrogen-bond donors (Lipinski definition) is 1. The fourth-order valence-electron chi connectivity index (χ4n) is 4.69. The second-order valence-corrected chi connectivity index (χ2v) is 8.55. The third-order valence-corrected chi connectivity index (χ3v) is 6.45. The number of carbonyl (C=O) groups is 1. The van der Waals surface area contributed by atoms with E-state index in [1.807, 2.05) is 29.8 Å². The van der Waals surface area contributed by atoms with Crippen LogP contribution in [0.25, 0.3) is 5.65 Å². The molecule has 9 nitrogen and oxygen atoms in total. The average Bonchev–Trinajstić information content (AvgIpc) is 3.34. The smallest absolute Gasteiger partial charge is 0.279 e. The van der Waals surface area contributed by atoms with E-state index in [1.165, 1.54) is 23.4 Å². The molecule has 1 N–H and O–H groups in total. The van der Waals surface area contributed by atoms with Gasteiger partial charge in [-0.25, -0.2) is 0 Å². The molecule has 0 saturated heterocycles. The van der Waals surface area contributed by atoms with Crippen molar-refractivity contribution in [3.05, 3.63) is 87.5 Å². The van der Waals surface area contributed by atoms with Gasteiger partial charge in [-0.2, -0.15) is 9.61 Å². The second kappa shape index (κ2) is 9.27. The van der Waals surface area contributed by atoms with Crippen LogP contribution in [0.5, 0.6) is 11.5 Å². The van der Waals surface area contributed by atoms with E-state index in [1.54, 1.807) is 25.3 Å². The lowest BCUT2D eigenvalue weighted by Crippen LogP contribution is -2.38. The van der Waals surface area contributed by atoms with E-state index >= 15 is 0 Å². The van der Waals surface area contributed by atoms with Crippen LogP contribution in [-0.4, -0.2) is 45.8 Å². The van der Waals surface area contributed by atoms with Crippen molar-refractivity contribution in [1.82, 2.24) is 19.1 Å². The van der Waals surface area contributed by atoms with Crippen molar-refractivity contribution in [2.24, 2.45) is 7.05 Å². The summed E-state index contributed by atoms with van der Waals surface area (Å²) in [6.45, 7) is 2.14. The van der Waals surface area contributed by atoms with Crippen LogP contribution >= 0.6 is 0 Å². The van der Waals surface area contributed by atoms with Gasteiger partial charge >= 0.3 is 0 Å². The average molecular weight is 474 g/mol. The van der Waals surface area contributed by atoms with Gasteiger partial charge in [-0.1, -0.05) is 30.3 Å². The molecule has 35 heavy (non-hydrogen) atoms. The Hall–Kier alpha value is -4.11. The van der Waals surface area contributed by atoms with E-state index < -0.39 is 0 Å². The Bertz CT molecular complexity index is 1460. The van der Waals surface area contributed by atoms with Crippen LogP contribution < -0.4 is 20.3 Å². The molecule has 9 heteroatoms. The quantitative estimate of drug-likeness (QED) is 0.463. The number of benzene rings is 2. The molecule has 3 heterocycles. The molecule has 2 aromatic heterocycles. The molecule has 4 aromatic rings. The molecule has 0 saturated carbocycles. The zero-order valence-corrected chi connectivity index (χ0v) is 19.9. The molecular weight excluding hydrogens is 446 g/mol. The van der Waals surface area contributed by atoms with E-state index in [-0.39, 0.29) is 11.5 Å². The number of fused-ring (bicyclic) bond motifs is 2. The first-order valence-corrected chi connectivity index (χ1v) is 11.4. The van der Waals surface area contributed by atoms with Crippen molar-refractivity contribution in [3.63, 3.8) is 0 Å². The van der Waals surface area contributed by atoms with E-state index in [2.05, 4.69) is 27.4 Å². The molecule has 0 spiro atoms. The van der Waals surface area contributed by atoms with Crippen LogP contribution in [0.4, 0.5) is 5.69 Å². The maximum atomic E-state index is 13.4. The number of amides is 1. The number of nitrogens with zero attached hydrogens (tertiary/aromatic N) is 4. The van der Waals surface area contributed by atoms with Crippen LogP contribution in [0.3, 0.4) is 0 Å². The van der Waals surface area contributed by atoms with Crippen molar-refractivity contribution in [3.8, 4) is 11.5 Å². The predicted octanol–water partition coefficient (Wildman–Crippen LogP) is 2.86. The summed E-state index contributed by atoms with van der Waals surface area (Å²) in [5.41, 5.74) is 4.03. The third kappa shape index (κ3) is 4.15. The molecule has 1 aliphatic rings. The highest BCUT2D eigenvalue weighted by molar-refractivity contribution is 6.08. The standard InChI is InChI=1S/C26H27N5O4/c1-29-21-11-12-30(15-17-7-5-4-6-8-17)16-20(21)26(33)31-25(29)19(14-27-31)24(32)28-18-9-10-22(34-2)23(13-18)35-3/h4-10,13-14H,11-12,15-16H2,1-3H3,(H,28,32). The van der Waals surface area contributed by atoms with Gasteiger partial charge in [0.25, 0.3) is 11.5 Å². The highest BCUT2D eigenvalue weighted by Crippen LogP contribution is 2.30. The molecule has 0 atom stereocenters. The molecule has 1 amide bonds. The summed E-state index contributed by atoms with van der Waals surface area (Å²) in [7, 11) is 4.97. The minimum Gasteiger partial charge on any atom is -0.493 e. The van der Waals surface area contributed by atoms with Crippen LogP contribution in [0.15, 0.2) is 59.5 Å². The molecule has 2 aromatic carbocycles. The number of aryl methyl sites for hydroxylation is 1. The normalized spacial score (nSPS) is 13.5. The molecular formula is C26H27N5O4. The number of ether oxygens (including phenoxy) is 2. The highest BCUT2D eigenvalue weighted by atomic mass is 16.5. The Kier molecular flexibility index (Phi) is 6.00. The fourth-order valence-corrected chi connectivity index (χ4v) is 4.69. The lowest BCUT2D eigenvalue weighted by Gasteiger charge is -2.29. The number of carbonyl (C=O) groups excluding carboxylic acids is 1. The summed E-state index contributed by atoms with van der Waals surface area (Å²) < 4.78 is 13.8. The van der Waals surface area contributed by atoms with Crippen LogP contribution in [0, 0.1) is 0 Å². The van der Waals surface area contributed by atoms with Gasteiger partial charge in [0.15, 0.2) is 17.1 Å². The fraction of sp³-hybridized carbons (Fsp3) is 0.269. The zero-order chi connectivity index (χ0) is 24.5. The Labute approximate surface area is 202 Å². The predicted molar refractivity (Wildman–Crippen MR) is 132 cm³/mol. The third-order valence-electron chi connectivity index (χ3n) is 6.45. The van der Waals surface area contributed by atoms with Gasteiger partial charge in [-0.15, -0.1) is 0 Å². The summed E-state index contributed by atoms with van der Waals surface area (Å²) in [6, 6.07) is 15.4. The lowest BCUT2D eigenvalue weighted by molar-refractivity contribution is 0.102. The van der Waals surface area contributed by atoms with Gasteiger partial charge < -0.3 is 19.4 Å². The van der Waals surface area contributed by atoms with Crippen LogP contribution in [0.2, 0.25) is 0 Å². The second-order valence-electron chi connectivity index (χ2n) is 8.55. The van der Waals surface area contributed by atoms with Gasteiger partial charge in [0.2, 0.25) is 0 Å². The van der Waals surface area contributed by atoms with Gasteiger partial charge in [0, 0.05) is 50.6 Å². The molecule has 1 aliphatic heterocycles. The summed E-state index contributed by atoms with van der Waals surface area (Å²) >= 11 is 0. The SMILES string of the molecule is COc1ccc(NC(=O)c2cnn3c(=O)c4c(n(C)c23)CCN(Cc2ccccc2)C4)cc1OC. The first-order valence-electron chi connectivity index (χ1n) is 11.4. The number of methoxy groups -OCH3 is 2. The number of anilines is 1. The maximum Gasteiger partial charge on any atom is 0.279 e. The van der Waals surface area contributed by atoms with Crippen LogP contribution in [-0.2, 0) is 26.6 Å². The number of aromatic nitrogens is 3. The molecule has 180 valence electrons. The zero-order valence-electron chi connectivity index (χ0n) is 19.9. The van der Waals surface area contributed by atoms with Gasteiger partial charge in [-0.3, -0.25) is 14.5 Å². The topological polar surface area (TPSA) is 90.1 Å². The molecule has 0 radical (unpaired) electrons. The van der Waals surface area contributed by atoms with Crippen LogP contribution in [0.1, 0.15) is 27.2 Å². The van der Waals surface area contributed by atoms with Crippen molar-refractivity contribution in [1.29, 1.82) is 0 Å². The monoisotopic (exact) mass is 473 g/mol. The summed E-state index contributed by atoms with van der Waals surface area (Å²) in [6.07, 6.45) is 2.16. The minimum absolute atomic E-state index is 0.184. The molecule has 0 unspecified atom stereocenters. The summed E-state index contributed by atoms with van der Waals surface area (Å²) in [4.78, 5) is 28.8. The minimum atomic E-state index is -0.358. The van der Waals surface area contributed by atoms with E-state index in [0.29, 0.717) is 41.4 Å². The number of hydrogen-bond acceptors (Lipinski definition) is 6. The summed E-state index contributed by atoms with van der Waals surface area (Å²) in [5, 5.41) is 7.15. The van der Waals surface area contributed by atoms with Crippen molar-refractivity contribution >= 4 is 17.2 Å². The number of rotatable bonds is 6. The molecule has 0 fully saturated rings. The van der Waals surface area contributed by atoms with Gasteiger partial charge in [-0.05, 0) is 17.7 Å². The first-order chi connectivity index (χ1) is 17.0. The Balaban J connectivity index is 1.45. The Morgan fingerprint density at radius 3 is 2.60 bits per heavy atom. The number of nitrogens with one attached hydrogen (secondary N) is 1. The maximum absolute atomic E-state index is 13.4.